The van der Waals surface area contributed by atoms with E-state index in [4.69, 9.17) is 0 Å². The van der Waals surface area contributed by atoms with E-state index in [9.17, 15) is 4.79 Å². The molecule has 1 aromatic heterocycles. The largest absolute Gasteiger partial charge is 0.331 e. The van der Waals surface area contributed by atoms with E-state index in [-0.39, 0.29) is 5.91 Å². The summed E-state index contributed by atoms with van der Waals surface area (Å²) in [7, 11) is 0. The minimum Gasteiger partial charge on any atom is -0.331 e. The summed E-state index contributed by atoms with van der Waals surface area (Å²) in [5, 5.41) is 2.90. The second-order valence-electron chi connectivity index (χ2n) is 5.05. The number of hydrogen-bond acceptors (Lipinski definition) is 2. The number of amides is 1. The highest BCUT2D eigenvalue weighted by Gasteiger charge is 2.42. The van der Waals surface area contributed by atoms with Gasteiger partial charge in [0.05, 0.1) is 5.41 Å². The highest BCUT2D eigenvalue weighted by atomic mass is 16.2. The predicted molar refractivity (Wildman–Crippen MR) is 73.8 cm³/mol. The van der Waals surface area contributed by atoms with Gasteiger partial charge in [0, 0.05) is 12.4 Å². The first-order chi connectivity index (χ1) is 9.31. The number of anilines is 1. The third-order valence-corrected chi connectivity index (χ3v) is 3.95. The second kappa shape index (κ2) is 4.88. The lowest BCUT2D eigenvalue weighted by molar-refractivity contribution is -0.121. The quantitative estimate of drug-likeness (QED) is 0.886. The average molecular weight is 255 g/mol. The summed E-state index contributed by atoms with van der Waals surface area (Å²) < 4.78 is 0. The lowest BCUT2D eigenvalue weighted by Crippen LogP contribution is -2.38. The van der Waals surface area contributed by atoms with Gasteiger partial charge in [-0.15, -0.1) is 0 Å². The number of carbonyl (C=O) groups excluding carboxylic acids is 1. The average Bonchev–Trinajstić information content (AvgIpc) is 3.11. The van der Waals surface area contributed by atoms with Gasteiger partial charge in [0.1, 0.15) is 0 Å². The standard InChI is InChI=1S/C15H17N3O/c19-13(18-14-16-10-11-17-14)15(8-4-5-9-15)12-6-2-1-3-7-12/h1-3,6-7,10-11H,4-5,8-9H2,(H2,16,17,18,19). The van der Waals surface area contributed by atoms with E-state index < -0.39 is 5.41 Å². The highest BCUT2D eigenvalue weighted by Crippen LogP contribution is 2.41. The Kier molecular flexibility index (Phi) is 3.07. The van der Waals surface area contributed by atoms with Crippen molar-refractivity contribution in [1.82, 2.24) is 9.97 Å². The van der Waals surface area contributed by atoms with Gasteiger partial charge in [-0.3, -0.25) is 10.1 Å². The molecule has 4 nitrogen and oxygen atoms in total. The zero-order chi connectivity index (χ0) is 13.1. The van der Waals surface area contributed by atoms with Crippen molar-refractivity contribution in [2.24, 2.45) is 0 Å². The van der Waals surface area contributed by atoms with Gasteiger partial charge >= 0.3 is 0 Å². The monoisotopic (exact) mass is 255 g/mol. The number of carbonyl (C=O) groups is 1. The number of rotatable bonds is 3. The zero-order valence-corrected chi connectivity index (χ0v) is 10.7. The second-order valence-corrected chi connectivity index (χ2v) is 5.05. The Balaban J connectivity index is 1.90. The first kappa shape index (κ1) is 12.0. The van der Waals surface area contributed by atoms with Gasteiger partial charge < -0.3 is 4.98 Å². The van der Waals surface area contributed by atoms with Crippen molar-refractivity contribution in [2.45, 2.75) is 31.1 Å². The molecular weight excluding hydrogens is 238 g/mol. The van der Waals surface area contributed by atoms with Crippen molar-refractivity contribution < 1.29 is 4.79 Å². The van der Waals surface area contributed by atoms with Crippen molar-refractivity contribution in [3.8, 4) is 0 Å². The molecule has 1 heterocycles. The van der Waals surface area contributed by atoms with Crippen LogP contribution in [0.15, 0.2) is 42.7 Å². The Morgan fingerprint density at radius 2 is 1.95 bits per heavy atom. The molecule has 0 spiro atoms. The van der Waals surface area contributed by atoms with Crippen molar-refractivity contribution >= 4 is 11.9 Å². The SMILES string of the molecule is O=C(Nc1ncc[nH]1)C1(c2ccccc2)CCCC1. The Morgan fingerprint density at radius 1 is 1.21 bits per heavy atom. The van der Waals surface area contributed by atoms with Gasteiger partial charge in [0.2, 0.25) is 11.9 Å². The van der Waals surface area contributed by atoms with Gasteiger partial charge in [-0.05, 0) is 18.4 Å². The number of aromatic nitrogens is 2. The minimum atomic E-state index is -0.395. The number of aromatic amines is 1. The van der Waals surface area contributed by atoms with Gasteiger partial charge in [-0.25, -0.2) is 4.98 Å². The van der Waals surface area contributed by atoms with Crippen LogP contribution in [-0.2, 0) is 10.2 Å². The first-order valence-electron chi connectivity index (χ1n) is 6.68. The molecule has 1 aliphatic rings. The van der Waals surface area contributed by atoms with E-state index in [1.165, 1.54) is 0 Å². The zero-order valence-electron chi connectivity index (χ0n) is 10.7. The van der Waals surface area contributed by atoms with Crippen molar-refractivity contribution in [2.75, 3.05) is 5.32 Å². The smallest absolute Gasteiger partial charge is 0.237 e. The molecule has 2 N–H and O–H groups in total. The number of hydrogen-bond donors (Lipinski definition) is 2. The van der Waals surface area contributed by atoms with Gasteiger partial charge in [-0.2, -0.15) is 0 Å². The van der Waals surface area contributed by atoms with Crippen LogP contribution in [0, 0.1) is 0 Å². The summed E-state index contributed by atoms with van der Waals surface area (Å²) in [6.45, 7) is 0. The molecule has 98 valence electrons. The van der Waals surface area contributed by atoms with Crippen LogP contribution < -0.4 is 5.32 Å². The molecule has 19 heavy (non-hydrogen) atoms. The van der Waals surface area contributed by atoms with Crippen LogP contribution in [0.25, 0.3) is 0 Å². The van der Waals surface area contributed by atoms with E-state index in [2.05, 4.69) is 15.3 Å². The molecule has 0 bridgehead atoms. The Labute approximate surface area is 112 Å². The van der Waals surface area contributed by atoms with Gasteiger partial charge in [0.15, 0.2) is 0 Å². The van der Waals surface area contributed by atoms with Crippen molar-refractivity contribution in [1.29, 1.82) is 0 Å². The molecule has 0 aliphatic heterocycles. The number of imidazole rings is 1. The lowest BCUT2D eigenvalue weighted by Gasteiger charge is -2.27. The molecule has 1 amide bonds. The molecular formula is C15H17N3O. The van der Waals surface area contributed by atoms with E-state index >= 15 is 0 Å². The lowest BCUT2D eigenvalue weighted by atomic mass is 9.78. The molecule has 1 saturated carbocycles. The van der Waals surface area contributed by atoms with Gasteiger partial charge in [0.25, 0.3) is 0 Å². The van der Waals surface area contributed by atoms with E-state index in [0.717, 1.165) is 31.2 Å². The maximum Gasteiger partial charge on any atom is 0.237 e. The van der Waals surface area contributed by atoms with Crippen LogP contribution in [0.5, 0.6) is 0 Å². The molecule has 4 heteroatoms. The van der Waals surface area contributed by atoms with E-state index in [1.807, 2.05) is 30.3 Å². The normalized spacial score (nSPS) is 17.3. The summed E-state index contributed by atoms with van der Waals surface area (Å²) in [6.07, 6.45) is 7.35. The van der Waals surface area contributed by atoms with Crippen LogP contribution in [0.4, 0.5) is 5.95 Å². The molecule has 0 atom stereocenters. The fourth-order valence-corrected chi connectivity index (χ4v) is 2.94. The summed E-state index contributed by atoms with van der Waals surface area (Å²) >= 11 is 0. The van der Waals surface area contributed by atoms with E-state index in [1.54, 1.807) is 12.4 Å². The summed E-state index contributed by atoms with van der Waals surface area (Å²) in [5.74, 6) is 0.568. The van der Waals surface area contributed by atoms with Crippen LogP contribution >= 0.6 is 0 Å². The number of nitrogens with one attached hydrogen (secondary N) is 2. The molecule has 0 radical (unpaired) electrons. The molecule has 0 unspecified atom stereocenters. The summed E-state index contributed by atoms with van der Waals surface area (Å²) in [4.78, 5) is 19.6. The Morgan fingerprint density at radius 3 is 2.58 bits per heavy atom. The minimum absolute atomic E-state index is 0.0474. The third-order valence-electron chi connectivity index (χ3n) is 3.95. The van der Waals surface area contributed by atoms with Crippen molar-refractivity contribution in [3.05, 3.63) is 48.3 Å². The molecule has 3 rings (SSSR count). The molecule has 2 aromatic rings. The first-order valence-corrected chi connectivity index (χ1v) is 6.68. The fourth-order valence-electron chi connectivity index (χ4n) is 2.94. The molecule has 1 fully saturated rings. The summed E-state index contributed by atoms with van der Waals surface area (Å²) in [5.41, 5.74) is 0.713. The van der Waals surface area contributed by atoms with Crippen LogP contribution in [0.2, 0.25) is 0 Å². The molecule has 1 aromatic carbocycles. The van der Waals surface area contributed by atoms with Crippen LogP contribution in [-0.4, -0.2) is 15.9 Å². The number of H-pyrrole nitrogens is 1. The van der Waals surface area contributed by atoms with Gasteiger partial charge in [-0.1, -0.05) is 43.2 Å². The van der Waals surface area contributed by atoms with E-state index in [0.29, 0.717) is 5.95 Å². The van der Waals surface area contributed by atoms with Crippen LogP contribution in [0.1, 0.15) is 31.2 Å². The number of nitrogens with zero attached hydrogens (tertiary/aromatic N) is 1. The summed E-state index contributed by atoms with van der Waals surface area (Å²) in [6, 6.07) is 10.1. The maximum absolute atomic E-state index is 12.7. The van der Waals surface area contributed by atoms with Crippen molar-refractivity contribution in [3.63, 3.8) is 0 Å². The number of benzene rings is 1. The molecule has 0 saturated heterocycles. The Bertz CT molecular complexity index is 542. The van der Waals surface area contributed by atoms with Crippen LogP contribution in [0.3, 0.4) is 0 Å². The highest BCUT2D eigenvalue weighted by molar-refractivity contribution is 5.98. The topological polar surface area (TPSA) is 57.8 Å². The maximum atomic E-state index is 12.7. The Hall–Kier alpha value is -2.10. The third kappa shape index (κ3) is 2.14. The fraction of sp³-hybridized carbons (Fsp3) is 0.333. The molecule has 1 aliphatic carbocycles. The predicted octanol–water partition coefficient (Wildman–Crippen LogP) is 2.86.